The summed E-state index contributed by atoms with van der Waals surface area (Å²) in [5.74, 6) is -0.118. The molecule has 0 bridgehead atoms. The zero-order chi connectivity index (χ0) is 19.1. The predicted octanol–water partition coefficient (Wildman–Crippen LogP) is 3.88. The molecule has 1 saturated carbocycles. The van der Waals surface area contributed by atoms with Gasteiger partial charge >= 0.3 is 17.6 Å². The first kappa shape index (κ1) is 18.7. The molecular formula is C14H17F3N4O4. The van der Waals surface area contributed by atoms with Crippen molar-refractivity contribution in [2.75, 3.05) is 11.1 Å². The molecule has 25 heavy (non-hydrogen) atoms. The maximum Gasteiger partial charge on any atom is 0.419 e. The largest absolute Gasteiger partial charge is 0.419 e. The molecule has 3 N–H and O–H groups in total. The fourth-order valence-electron chi connectivity index (χ4n) is 2.75. The molecule has 1 fully saturated rings. The van der Waals surface area contributed by atoms with Crippen LogP contribution >= 0.6 is 0 Å². The van der Waals surface area contributed by atoms with Gasteiger partial charge in [-0.2, -0.15) is 13.2 Å². The van der Waals surface area contributed by atoms with Gasteiger partial charge in [-0.05, 0) is 39.0 Å². The van der Waals surface area contributed by atoms with Gasteiger partial charge in [-0.1, -0.05) is 0 Å². The van der Waals surface area contributed by atoms with E-state index in [0.29, 0.717) is 12.8 Å². The van der Waals surface area contributed by atoms with E-state index in [2.05, 4.69) is 5.32 Å². The lowest BCUT2D eigenvalue weighted by Gasteiger charge is -2.20. The minimum atomic E-state index is -5.04. The van der Waals surface area contributed by atoms with Crippen molar-refractivity contribution in [3.63, 3.8) is 0 Å². The van der Waals surface area contributed by atoms with E-state index in [9.17, 15) is 33.4 Å². The van der Waals surface area contributed by atoms with Gasteiger partial charge in [-0.3, -0.25) is 20.2 Å². The smallest absolute Gasteiger partial charge is 0.393 e. The van der Waals surface area contributed by atoms with Gasteiger partial charge < -0.3 is 11.1 Å². The third-order valence-corrected chi connectivity index (χ3v) is 3.86. The number of nitrogen functional groups attached to an aromatic ring is 1. The number of halogens is 3. The van der Waals surface area contributed by atoms with E-state index in [0.717, 1.165) is 0 Å². The zero-order valence-electron chi connectivity index (χ0n) is 13.5. The lowest BCUT2D eigenvalue weighted by Crippen LogP contribution is -2.20. The third-order valence-electron chi connectivity index (χ3n) is 3.86. The topological polar surface area (TPSA) is 124 Å². The van der Waals surface area contributed by atoms with Gasteiger partial charge in [-0.25, -0.2) is 0 Å². The number of hydrogen-bond acceptors (Lipinski definition) is 6. The van der Waals surface area contributed by atoms with Crippen LogP contribution < -0.4 is 11.1 Å². The van der Waals surface area contributed by atoms with Crippen molar-refractivity contribution in [2.24, 2.45) is 5.92 Å². The van der Waals surface area contributed by atoms with Gasteiger partial charge in [0.25, 0.3) is 0 Å². The SMILES string of the molecule is CC(C)Nc1c([N+](=O)[O-])c(N)c(C(F)(F)F)c(CC2CC2)c1[N+](=O)[O-]. The molecule has 0 aromatic heterocycles. The van der Waals surface area contributed by atoms with Crippen LogP contribution in [0.2, 0.25) is 0 Å². The Labute approximate surface area is 140 Å². The molecule has 2 rings (SSSR count). The molecule has 0 atom stereocenters. The summed E-state index contributed by atoms with van der Waals surface area (Å²) in [7, 11) is 0. The molecular weight excluding hydrogens is 345 g/mol. The molecule has 0 spiro atoms. The number of nitro benzene ring substituents is 2. The molecule has 1 aliphatic carbocycles. The second-order valence-electron chi connectivity index (χ2n) is 6.30. The Hall–Kier alpha value is -2.59. The van der Waals surface area contributed by atoms with Crippen molar-refractivity contribution in [3.8, 4) is 0 Å². The predicted molar refractivity (Wildman–Crippen MR) is 84.4 cm³/mol. The number of anilines is 2. The second kappa shape index (κ2) is 6.37. The first-order valence-electron chi connectivity index (χ1n) is 7.55. The molecule has 0 radical (unpaired) electrons. The van der Waals surface area contributed by atoms with Crippen molar-refractivity contribution in [1.29, 1.82) is 0 Å². The molecule has 0 saturated heterocycles. The lowest BCUT2D eigenvalue weighted by atomic mass is 9.94. The molecule has 138 valence electrons. The van der Waals surface area contributed by atoms with Gasteiger partial charge in [0.1, 0.15) is 5.69 Å². The Morgan fingerprint density at radius 2 is 1.72 bits per heavy atom. The molecule has 0 amide bonds. The fraction of sp³-hybridized carbons (Fsp3) is 0.571. The Bertz CT molecular complexity index is 730. The Morgan fingerprint density at radius 3 is 2.08 bits per heavy atom. The van der Waals surface area contributed by atoms with Gasteiger partial charge in [0.05, 0.1) is 15.4 Å². The molecule has 0 unspecified atom stereocenters. The minimum absolute atomic E-state index is 0.118. The molecule has 0 heterocycles. The van der Waals surface area contributed by atoms with E-state index in [1.165, 1.54) is 0 Å². The van der Waals surface area contributed by atoms with Crippen LogP contribution in [0.5, 0.6) is 0 Å². The summed E-state index contributed by atoms with van der Waals surface area (Å²) in [5, 5.41) is 25.4. The average Bonchev–Trinajstić information content (AvgIpc) is 3.18. The van der Waals surface area contributed by atoms with E-state index in [4.69, 9.17) is 5.73 Å². The normalized spacial score (nSPS) is 14.6. The number of alkyl halides is 3. The van der Waals surface area contributed by atoms with E-state index in [1.54, 1.807) is 13.8 Å². The van der Waals surface area contributed by atoms with Gasteiger partial charge in [-0.15, -0.1) is 0 Å². The highest BCUT2D eigenvalue weighted by Gasteiger charge is 2.46. The first-order valence-corrected chi connectivity index (χ1v) is 7.55. The van der Waals surface area contributed by atoms with Crippen molar-refractivity contribution in [3.05, 3.63) is 31.4 Å². The molecule has 11 heteroatoms. The van der Waals surface area contributed by atoms with E-state index in [-0.39, 0.29) is 12.3 Å². The van der Waals surface area contributed by atoms with Crippen molar-refractivity contribution in [2.45, 2.75) is 45.3 Å². The standard InChI is InChI=1S/C14H17F3N4O4/c1-6(2)19-11-12(20(22)23)8(5-7-3-4-7)9(14(15,16)17)10(18)13(11)21(24)25/h6-7,19H,3-5,18H2,1-2H3. The monoisotopic (exact) mass is 362 g/mol. The molecule has 1 aromatic carbocycles. The highest BCUT2D eigenvalue weighted by atomic mass is 19.4. The van der Waals surface area contributed by atoms with E-state index >= 15 is 0 Å². The number of nitrogens with two attached hydrogens (primary N) is 1. The summed E-state index contributed by atoms with van der Waals surface area (Å²) < 4.78 is 40.5. The number of hydrogen-bond donors (Lipinski definition) is 2. The van der Waals surface area contributed by atoms with Crippen LogP contribution in [0.25, 0.3) is 0 Å². The van der Waals surface area contributed by atoms with Crippen LogP contribution in [0.4, 0.5) is 35.9 Å². The minimum Gasteiger partial charge on any atom is -0.393 e. The lowest BCUT2D eigenvalue weighted by molar-refractivity contribution is -0.392. The van der Waals surface area contributed by atoms with Gasteiger partial charge in [0.2, 0.25) is 0 Å². The number of nitro groups is 2. The average molecular weight is 362 g/mol. The van der Waals surface area contributed by atoms with Gasteiger partial charge in [0.15, 0.2) is 5.69 Å². The summed E-state index contributed by atoms with van der Waals surface area (Å²) in [5.41, 5.74) is -0.296. The number of nitrogens with zero attached hydrogens (tertiary/aromatic N) is 2. The van der Waals surface area contributed by atoms with Crippen molar-refractivity contribution < 1.29 is 23.0 Å². The number of nitrogens with one attached hydrogen (secondary N) is 1. The summed E-state index contributed by atoms with van der Waals surface area (Å²) in [4.78, 5) is 20.7. The van der Waals surface area contributed by atoms with E-state index < -0.39 is 55.9 Å². The third kappa shape index (κ3) is 3.74. The number of rotatable bonds is 6. The summed E-state index contributed by atoms with van der Waals surface area (Å²) in [6.45, 7) is 3.11. The van der Waals surface area contributed by atoms with Crippen molar-refractivity contribution >= 4 is 22.7 Å². The molecule has 8 nitrogen and oxygen atoms in total. The van der Waals surface area contributed by atoms with Crippen LogP contribution in [-0.4, -0.2) is 15.9 Å². The summed E-state index contributed by atoms with van der Waals surface area (Å²) >= 11 is 0. The fourth-order valence-corrected chi connectivity index (χ4v) is 2.75. The maximum atomic E-state index is 13.5. The first-order chi connectivity index (χ1) is 11.4. The van der Waals surface area contributed by atoms with Crippen molar-refractivity contribution in [1.82, 2.24) is 0 Å². The summed E-state index contributed by atoms with van der Waals surface area (Å²) in [6, 6.07) is -0.484. The van der Waals surface area contributed by atoms with E-state index in [1.807, 2.05) is 0 Å². The second-order valence-corrected chi connectivity index (χ2v) is 6.30. The maximum absolute atomic E-state index is 13.5. The Balaban J connectivity index is 2.93. The quantitative estimate of drug-likeness (QED) is 0.449. The van der Waals surface area contributed by atoms with Crippen LogP contribution in [0.1, 0.15) is 37.8 Å². The Kier molecular flexibility index (Phi) is 4.78. The van der Waals surface area contributed by atoms with Crippen LogP contribution in [0.3, 0.4) is 0 Å². The van der Waals surface area contributed by atoms with Crippen LogP contribution in [-0.2, 0) is 12.6 Å². The molecule has 1 aliphatic rings. The summed E-state index contributed by atoms with van der Waals surface area (Å²) in [6.07, 6.45) is -3.93. The zero-order valence-corrected chi connectivity index (χ0v) is 13.5. The van der Waals surface area contributed by atoms with Crippen LogP contribution in [0, 0.1) is 26.1 Å². The number of benzene rings is 1. The van der Waals surface area contributed by atoms with Gasteiger partial charge in [0, 0.05) is 11.6 Å². The Morgan fingerprint density at radius 1 is 1.20 bits per heavy atom. The molecule has 0 aliphatic heterocycles. The highest BCUT2D eigenvalue weighted by molar-refractivity contribution is 5.88. The molecule has 1 aromatic rings. The highest BCUT2D eigenvalue weighted by Crippen LogP contribution is 2.52. The van der Waals surface area contributed by atoms with Crippen LogP contribution in [0.15, 0.2) is 0 Å².